The van der Waals surface area contributed by atoms with Crippen molar-refractivity contribution < 1.29 is 27.5 Å². The standard InChI is InChI=1S/C25H32F3N5O3S/c26-25(27,28)22-16-5-1-3-7-18(16)33(31-22)15-20(34)30-24-21(17-6-2-4-8-19(17)37-24)23(35)29-9-10-32-11-13-36-14-12-32/h1-15H2,(H,29,35)(H,30,34). The van der Waals surface area contributed by atoms with Crippen molar-refractivity contribution in [3.8, 4) is 0 Å². The van der Waals surface area contributed by atoms with Crippen LogP contribution in [0, 0.1) is 0 Å². The number of ether oxygens (including phenoxy) is 1. The molecule has 3 aliphatic rings. The number of aromatic nitrogens is 2. The van der Waals surface area contributed by atoms with E-state index in [1.54, 1.807) is 0 Å². The Morgan fingerprint density at radius 2 is 1.70 bits per heavy atom. The second-order valence-electron chi connectivity index (χ2n) is 9.81. The van der Waals surface area contributed by atoms with Crippen LogP contribution in [0.1, 0.15) is 63.4 Å². The summed E-state index contributed by atoms with van der Waals surface area (Å²) in [6.07, 6.45) is 1.31. The lowest BCUT2D eigenvalue weighted by Gasteiger charge is -2.26. The fourth-order valence-corrected chi connectivity index (χ4v) is 6.77. The minimum Gasteiger partial charge on any atom is -0.379 e. The van der Waals surface area contributed by atoms with Crippen LogP contribution < -0.4 is 10.6 Å². The molecule has 8 nitrogen and oxygen atoms in total. The largest absolute Gasteiger partial charge is 0.435 e. The van der Waals surface area contributed by atoms with Crippen molar-refractivity contribution in [2.75, 3.05) is 44.7 Å². The number of fused-ring (bicyclic) bond motifs is 2. The number of alkyl halides is 3. The monoisotopic (exact) mass is 539 g/mol. The van der Waals surface area contributed by atoms with E-state index in [4.69, 9.17) is 4.74 Å². The molecule has 37 heavy (non-hydrogen) atoms. The molecule has 3 heterocycles. The first-order valence-corrected chi connectivity index (χ1v) is 13.8. The molecule has 2 aromatic rings. The quantitative estimate of drug-likeness (QED) is 0.563. The number of halogens is 3. The number of nitrogens with one attached hydrogen (secondary N) is 2. The zero-order chi connectivity index (χ0) is 26.0. The van der Waals surface area contributed by atoms with Crippen LogP contribution in [0.15, 0.2) is 0 Å². The smallest absolute Gasteiger partial charge is 0.379 e. The number of hydrogen-bond donors (Lipinski definition) is 2. The van der Waals surface area contributed by atoms with Gasteiger partial charge in [-0.2, -0.15) is 18.3 Å². The Morgan fingerprint density at radius 1 is 1.00 bits per heavy atom. The van der Waals surface area contributed by atoms with E-state index in [0.717, 1.165) is 62.2 Å². The highest BCUT2D eigenvalue weighted by atomic mass is 32.1. The molecule has 0 spiro atoms. The maximum atomic E-state index is 13.5. The molecule has 0 saturated carbocycles. The van der Waals surface area contributed by atoms with E-state index in [2.05, 4.69) is 20.6 Å². The lowest BCUT2D eigenvalue weighted by molar-refractivity contribution is -0.142. The summed E-state index contributed by atoms with van der Waals surface area (Å²) >= 11 is 1.40. The summed E-state index contributed by atoms with van der Waals surface area (Å²) < 4.78 is 47.2. The highest BCUT2D eigenvalue weighted by molar-refractivity contribution is 7.17. The summed E-state index contributed by atoms with van der Waals surface area (Å²) in [5, 5.41) is 10.1. The molecule has 0 unspecified atom stereocenters. The molecule has 2 N–H and O–H groups in total. The summed E-state index contributed by atoms with van der Waals surface area (Å²) in [7, 11) is 0. The molecular weight excluding hydrogens is 507 g/mol. The number of anilines is 1. The van der Waals surface area contributed by atoms with Crippen molar-refractivity contribution in [2.45, 2.75) is 64.1 Å². The summed E-state index contributed by atoms with van der Waals surface area (Å²) in [6, 6.07) is 0. The number of nitrogens with zero attached hydrogens (tertiary/aromatic N) is 3. The normalized spacial score (nSPS) is 18.2. The number of aryl methyl sites for hydroxylation is 1. The predicted molar refractivity (Wildman–Crippen MR) is 133 cm³/mol. The van der Waals surface area contributed by atoms with E-state index >= 15 is 0 Å². The van der Waals surface area contributed by atoms with E-state index in [1.807, 2.05) is 0 Å². The van der Waals surface area contributed by atoms with Gasteiger partial charge < -0.3 is 15.4 Å². The van der Waals surface area contributed by atoms with Crippen LogP contribution in [0.5, 0.6) is 0 Å². The third-order valence-electron chi connectivity index (χ3n) is 7.29. The average Bonchev–Trinajstić information content (AvgIpc) is 3.43. The first kappa shape index (κ1) is 26.2. The summed E-state index contributed by atoms with van der Waals surface area (Å²) in [5.74, 6) is -0.704. The van der Waals surface area contributed by atoms with Crippen molar-refractivity contribution in [3.05, 3.63) is 33.0 Å². The van der Waals surface area contributed by atoms with Crippen LogP contribution in [0.4, 0.5) is 18.2 Å². The molecule has 1 aliphatic heterocycles. The Morgan fingerprint density at radius 3 is 2.46 bits per heavy atom. The van der Waals surface area contributed by atoms with Gasteiger partial charge >= 0.3 is 6.18 Å². The molecule has 2 aromatic heterocycles. The van der Waals surface area contributed by atoms with Gasteiger partial charge in [-0.1, -0.05) is 0 Å². The highest BCUT2D eigenvalue weighted by Crippen LogP contribution is 2.39. The van der Waals surface area contributed by atoms with Crippen LogP contribution in [-0.4, -0.2) is 65.9 Å². The lowest BCUT2D eigenvalue weighted by atomic mass is 9.95. The molecule has 0 bridgehead atoms. The topological polar surface area (TPSA) is 88.5 Å². The number of hydrogen-bond acceptors (Lipinski definition) is 6. The third kappa shape index (κ3) is 5.85. The van der Waals surface area contributed by atoms with Crippen LogP contribution in [0.25, 0.3) is 0 Å². The zero-order valence-electron chi connectivity index (χ0n) is 20.7. The Labute approximate surface area is 217 Å². The van der Waals surface area contributed by atoms with Gasteiger partial charge in [0.1, 0.15) is 11.5 Å². The summed E-state index contributed by atoms with van der Waals surface area (Å²) in [5.41, 5.74) is 1.28. The van der Waals surface area contributed by atoms with Crippen molar-refractivity contribution in [3.63, 3.8) is 0 Å². The lowest BCUT2D eigenvalue weighted by Crippen LogP contribution is -2.41. The first-order valence-electron chi connectivity index (χ1n) is 13.0. The van der Waals surface area contributed by atoms with E-state index in [-0.39, 0.29) is 18.0 Å². The van der Waals surface area contributed by atoms with Gasteiger partial charge in [0.2, 0.25) is 5.91 Å². The minimum atomic E-state index is -4.55. The molecule has 12 heteroatoms. The zero-order valence-corrected chi connectivity index (χ0v) is 21.5. The molecule has 0 aromatic carbocycles. The van der Waals surface area contributed by atoms with E-state index in [9.17, 15) is 22.8 Å². The minimum absolute atomic E-state index is 0.207. The predicted octanol–water partition coefficient (Wildman–Crippen LogP) is 3.42. The second kappa shape index (κ2) is 11.1. The van der Waals surface area contributed by atoms with E-state index < -0.39 is 17.8 Å². The van der Waals surface area contributed by atoms with Gasteiger partial charge in [0, 0.05) is 42.3 Å². The van der Waals surface area contributed by atoms with Gasteiger partial charge in [0.25, 0.3) is 5.91 Å². The van der Waals surface area contributed by atoms with Gasteiger partial charge in [-0.3, -0.25) is 19.2 Å². The Kier molecular flexibility index (Phi) is 7.87. The molecule has 2 amide bonds. The summed E-state index contributed by atoms with van der Waals surface area (Å²) in [4.78, 5) is 29.6. The Bertz CT molecular complexity index is 1150. The van der Waals surface area contributed by atoms with Crippen molar-refractivity contribution in [1.82, 2.24) is 20.0 Å². The molecular formula is C25H32F3N5O3S. The molecule has 1 saturated heterocycles. The molecule has 202 valence electrons. The number of rotatable bonds is 7. The number of thiophene rings is 1. The average molecular weight is 540 g/mol. The molecule has 5 rings (SSSR count). The van der Waals surface area contributed by atoms with E-state index in [1.165, 1.54) is 16.0 Å². The fraction of sp³-hybridized carbons (Fsp3) is 0.640. The number of morpholine rings is 1. The summed E-state index contributed by atoms with van der Waals surface area (Å²) in [6.45, 7) is 3.92. The molecule has 1 fully saturated rings. The van der Waals surface area contributed by atoms with Crippen LogP contribution >= 0.6 is 11.3 Å². The first-order chi connectivity index (χ1) is 17.8. The van der Waals surface area contributed by atoms with Crippen LogP contribution in [0.2, 0.25) is 0 Å². The van der Waals surface area contributed by atoms with Crippen LogP contribution in [0.3, 0.4) is 0 Å². The highest BCUT2D eigenvalue weighted by Gasteiger charge is 2.39. The van der Waals surface area contributed by atoms with Gasteiger partial charge in [-0.25, -0.2) is 0 Å². The maximum Gasteiger partial charge on any atom is 0.435 e. The number of carbonyl (C=O) groups is 2. The number of amides is 2. The molecule has 0 radical (unpaired) electrons. The second-order valence-corrected chi connectivity index (χ2v) is 10.9. The Balaban J connectivity index is 1.31. The third-order valence-corrected chi connectivity index (χ3v) is 8.49. The van der Waals surface area contributed by atoms with Crippen molar-refractivity contribution >= 4 is 28.2 Å². The SMILES string of the molecule is O=C(Cn1nc(C(F)(F)F)c2c1CCCC2)Nc1sc2c(c1C(=O)NCCN1CCOCC1)CCCC2. The molecule has 0 atom stereocenters. The van der Waals surface area contributed by atoms with Crippen molar-refractivity contribution in [2.24, 2.45) is 0 Å². The van der Waals surface area contributed by atoms with Gasteiger partial charge in [0.05, 0.1) is 18.8 Å². The van der Waals surface area contributed by atoms with Gasteiger partial charge in [0.15, 0.2) is 5.69 Å². The van der Waals surface area contributed by atoms with Crippen molar-refractivity contribution in [1.29, 1.82) is 0 Å². The van der Waals surface area contributed by atoms with Gasteiger partial charge in [-0.05, 0) is 56.9 Å². The Hall–Kier alpha value is -2.44. The molecule has 2 aliphatic carbocycles. The van der Waals surface area contributed by atoms with Gasteiger partial charge in [-0.15, -0.1) is 11.3 Å². The number of carbonyl (C=O) groups excluding carboxylic acids is 2. The van der Waals surface area contributed by atoms with Crippen LogP contribution in [-0.2, 0) is 47.9 Å². The van der Waals surface area contributed by atoms with E-state index in [0.29, 0.717) is 55.3 Å². The fourth-order valence-electron chi connectivity index (χ4n) is 5.47. The maximum absolute atomic E-state index is 13.5.